The van der Waals surface area contributed by atoms with E-state index in [4.69, 9.17) is 5.21 Å². The van der Waals surface area contributed by atoms with E-state index in [9.17, 15) is 9.90 Å². The average molecular weight is 179 g/mol. The molecular weight excluding hydrogens is 170 g/mol. The van der Waals surface area contributed by atoms with Gasteiger partial charge in [0.25, 0.3) is 0 Å². The van der Waals surface area contributed by atoms with Crippen LogP contribution in [-0.4, -0.2) is 22.3 Å². The molecule has 1 rings (SSSR count). The van der Waals surface area contributed by atoms with E-state index in [0.29, 0.717) is 5.56 Å². The van der Waals surface area contributed by atoms with E-state index in [2.05, 4.69) is 5.16 Å². The Morgan fingerprint density at radius 2 is 2.23 bits per heavy atom. The average Bonchev–Trinajstić information content (AvgIpc) is 2.10. The van der Waals surface area contributed by atoms with Gasteiger partial charge in [0.15, 0.2) is 0 Å². The second-order valence-electron chi connectivity index (χ2n) is 2.58. The Labute approximate surface area is 75.1 Å². The first-order valence-corrected chi connectivity index (χ1v) is 3.67. The van der Waals surface area contributed by atoms with Gasteiger partial charge in [0.05, 0.1) is 5.56 Å². The molecule has 0 spiro atoms. The number of phenols is 1. The third kappa shape index (κ3) is 1.84. The molecule has 0 saturated heterocycles. The smallest absolute Gasteiger partial charge is 0.211 e. The van der Waals surface area contributed by atoms with E-state index in [-0.39, 0.29) is 11.3 Å². The van der Waals surface area contributed by atoms with Gasteiger partial charge < -0.3 is 10.3 Å². The summed E-state index contributed by atoms with van der Waals surface area (Å²) in [5, 5.41) is 20.2. The van der Waals surface area contributed by atoms with Crippen LogP contribution in [0.3, 0.4) is 0 Å². The van der Waals surface area contributed by atoms with Crippen molar-refractivity contribution in [1.82, 2.24) is 0 Å². The van der Waals surface area contributed by atoms with E-state index in [1.165, 1.54) is 6.07 Å². The molecule has 0 radical (unpaired) electrons. The zero-order valence-electron chi connectivity index (χ0n) is 7.06. The Balaban J connectivity index is 3.15. The molecular formula is C9H9NO3. The first-order chi connectivity index (χ1) is 6.16. The lowest BCUT2D eigenvalue weighted by molar-refractivity contribution is 0.106. The fourth-order valence-electron chi connectivity index (χ4n) is 0.980. The second kappa shape index (κ2) is 3.71. The minimum Gasteiger partial charge on any atom is -0.507 e. The minimum absolute atomic E-state index is 0.0765. The van der Waals surface area contributed by atoms with Gasteiger partial charge in [0.1, 0.15) is 12.0 Å². The Bertz CT molecular complexity index is 358. The molecule has 0 saturated carbocycles. The van der Waals surface area contributed by atoms with Crippen LogP contribution in [0, 0.1) is 6.92 Å². The van der Waals surface area contributed by atoms with Crippen LogP contribution in [0.5, 0.6) is 5.75 Å². The zero-order chi connectivity index (χ0) is 9.84. The highest BCUT2D eigenvalue weighted by Gasteiger charge is 2.09. The van der Waals surface area contributed by atoms with Gasteiger partial charge in [-0.2, -0.15) is 0 Å². The van der Waals surface area contributed by atoms with Crippen molar-refractivity contribution in [2.24, 2.45) is 5.16 Å². The number of rotatable bonds is 2. The number of oxime groups is 1. The van der Waals surface area contributed by atoms with Crippen LogP contribution in [0.15, 0.2) is 23.4 Å². The minimum atomic E-state index is -0.524. The number of carbonyl (C=O) groups excluding carboxylic acids is 1. The van der Waals surface area contributed by atoms with E-state index in [1.807, 2.05) is 0 Å². The van der Waals surface area contributed by atoms with Gasteiger partial charge in [-0.05, 0) is 18.6 Å². The van der Waals surface area contributed by atoms with Gasteiger partial charge in [-0.1, -0.05) is 17.3 Å². The van der Waals surface area contributed by atoms with Crippen molar-refractivity contribution in [3.8, 4) is 5.75 Å². The normalized spacial score (nSPS) is 10.5. The van der Waals surface area contributed by atoms with Crippen LogP contribution in [0.4, 0.5) is 0 Å². The topological polar surface area (TPSA) is 69.9 Å². The number of hydrogen-bond acceptors (Lipinski definition) is 4. The number of aromatic hydroxyl groups is 1. The van der Waals surface area contributed by atoms with Crippen LogP contribution in [0.25, 0.3) is 0 Å². The summed E-state index contributed by atoms with van der Waals surface area (Å²) in [7, 11) is 0. The summed E-state index contributed by atoms with van der Waals surface area (Å²) < 4.78 is 0. The maximum absolute atomic E-state index is 11.1. The molecule has 0 unspecified atom stereocenters. The summed E-state index contributed by atoms with van der Waals surface area (Å²) in [6.07, 6.45) is 0.745. The molecule has 0 aliphatic heterocycles. The maximum Gasteiger partial charge on any atom is 0.211 e. The third-order valence-corrected chi connectivity index (χ3v) is 1.68. The van der Waals surface area contributed by atoms with Crippen molar-refractivity contribution >= 4 is 12.0 Å². The first-order valence-electron chi connectivity index (χ1n) is 3.67. The molecule has 0 heterocycles. The van der Waals surface area contributed by atoms with E-state index in [0.717, 1.165) is 6.21 Å². The van der Waals surface area contributed by atoms with Crippen molar-refractivity contribution in [1.29, 1.82) is 0 Å². The molecule has 1 aromatic carbocycles. The number of phenolic OH excluding ortho intramolecular Hbond substituents is 1. The third-order valence-electron chi connectivity index (χ3n) is 1.68. The highest BCUT2D eigenvalue weighted by molar-refractivity contribution is 6.36. The fourth-order valence-corrected chi connectivity index (χ4v) is 0.980. The Hall–Kier alpha value is -1.84. The molecule has 0 bridgehead atoms. The summed E-state index contributed by atoms with van der Waals surface area (Å²) in [5.74, 6) is -0.601. The van der Waals surface area contributed by atoms with Crippen molar-refractivity contribution in [2.45, 2.75) is 6.92 Å². The number of nitrogens with zero attached hydrogens (tertiary/aromatic N) is 1. The molecule has 0 amide bonds. The lowest BCUT2D eigenvalue weighted by atomic mass is 10.1. The van der Waals surface area contributed by atoms with E-state index in [1.54, 1.807) is 19.1 Å². The van der Waals surface area contributed by atoms with E-state index < -0.39 is 5.78 Å². The molecule has 1 aromatic rings. The predicted molar refractivity (Wildman–Crippen MR) is 47.5 cm³/mol. The predicted octanol–water partition coefficient (Wildman–Crippen LogP) is 1.34. The Kier molecular flexibility index (Phi) is 2.64. The molecule has 4 nitrogen and oxygen atoms in total. The summed E-state index contributed by atoms with van der Waals surface area (Å²) >= 11 is 0. The molecule has 0 aliphatic rings. The van der Waals surface area contributed by atoms with Crippen LogP contribution in [0.1, 0.15) is 15.9 Å². The van der Waals surface area contributed by atoms with Gasteiger partial charge in [0, 0.05) is 0 Å². The lowest BCUT2D eigenvalue weighted by Crippen LogP contribution is -2.01. The van der Waals surface area contributed by atoms with Gasteiger partial charge >= 0.3 is 0 Å². The van der Waals surface area contributed by atoms with Crippen LogP contribution in [-0.2, 0) is 0 Å². The highest BCUT2D eigenvalue weighted by Crippen LogP contribution is 2.21. The molecule has 68 valence electrons. The SMILES string of the molecule is Cc1cccc(C(=O)/C=N/O)c1O. The molecule has 0 fully saturated rings. The van der Waals surface area contributed by atoms with E-state index >= 15 is 0 Å². The van der Waals surface area contributed by atoms with Gasteiger partial charge in [-0.15, -0.1) is 0 Å². The Morgan fingerprint density at radius 1 is 1.54 bits per heavy atom. The first kappa shape index (κ1) is 9.25. The Morgan fingerprint density at radius 3 is 2.85 bits per heavy atom. The number of ketones is 1. The van der Waals surface area contributed by atoms with Gasteiger partial charge in [-0.3, -0.25) is 4.79 Å². The molecule has 0 aliphatic carbocycles. The number of Topliss-reactive ketones (excluding diaryl/α,β-unsaturated/α-hetero) is 1. The molecule has 0 atom stereocenters. The molecule has 4 heteroatoms. The second-order valence-corrected chi connectivity index (χ2v) is 2.58. The number of benzene rings is 1. The van der Waals surface area contributed by atoms with Gasteiger partial charge in [-0.25, -0.2) is 0 Å². The van der Waals surface area contributed by atoms with Gasteiger partial charge in [0.2, 0.25) is 5.78 Å². The number of hydrogen-bond donors (Lipinski definition) is 2. The summed E-state index contributed by atoms with van der Waals surface area (Å²) in [4.78, 5) is 11.1. The quantitative estimate of drug-likeness (QED) is 0.311. The largest absolute Gasteiger partial charge is 0.507 e. The zero-order valence-corrected chi connectivity index (χ0v) is 7.06. The van der Waals surface area contributed by atoms with Crippen molar-refractivity contribution < 1.29 is 15.1 Å². The molecule has 0 aromatic heterocycles. The van der Waals surface area contributed by atoms with Crippen LogP contribution in [0.2, 0.25) is 0 Å². The number of aryl methyl sites for hydroxylation is 1. The monoisotopic (exact) mass is 179 g/mol. The molecule has 13 heavy (non-hydrogen) atoms. The van der Waals surface area contributed by atoms with Crippen LogP contribution < -0.4 is 0 Å². The summed E-state index contributed by atoms with van der Waals surface area (Å²) in [6.45, 7) is 1.68. The molecule has 2 N–H and O–H groups in total. The summed E-state index contributed by atoms with van der Waals surface area (Å²) in [5.41, 5.74) is 0.745. The lowest BCUT2D eigenvalue weighted by Gasteiger charge is -2.01. The number of para-hydroxylation sites is 1. The number of carbonyl (C=O) groups is 1. The summed E-state index contributed by atoms with van der Waals surface area (Å²) in [6, 6.07) is 4.79. The van der Waals surface area contributed by atoms with Crippen molar-refractivity contribution in [2.75, 3.05) is 0 Å². The van der Waals surface area contributed by atoms with Crippen LogP contribution >= 0.6 is 0 Å². The fraction of sp³-hybridized carbons (Fsp3) is 0.111. The van der Waals surface area contributed by atoms with Crippen molar-refractivity contribution in [3.05, 3.63) is 29.3 Å². The maximum atomic E-state index is 11.1. The van der Waals surface area contributed by atoms with Crippen molar-refractivity contribution in [3.63, 3.8) is 0 Å². The standard InChI is InChI=1S/C9H9NO3/c1-6-3-2-4-7(9(6)12)8(11)5-10-13/h2-5,12-13H,1H3/b10-5+. The highest BCUT2D eigenvalue weighted by atomic mass is 16.4.